The number of rotatable bonds is 7. The summed E-state index contributed by atoms with van der Waals surface area (Å²) in [4.78, 5) is 2.39. The van der Waals surface area contributed by atoms with Crippen LogP contribution in [0.2, 0.25) is 5.02 Å². The van der Waals surface area contributed by atoms with Crippen LogP contribution in [0.5, 0.6) is 0 Å². The fourth-order valence-corrected chi connectivity index (χ4v) is 2.58. The summed E-state index contributed by atoms with van der Waals surface area (Å²) in [5.41, 5.74) is 8.15. The molecular weight excluding hydrogens is 260 g/mol. The van der Waals surface area contributed by atoms with Crippen LogP contribution in [0.25, 0.3) is 0 Å². The predicted molar refractivity (Wildman–Crippen MR) is 81.0 cm³/mol. The minimum atomic E-state index is 0.136. The Morgan fingerprint density at radius 3 is 2.74 bits per heavy atom. The summed E-state index contributed by atoms with van der Waals surface area (Å²) >= 11 is 6.36. The first-order chi connectivity index (χ1) is 9.11. The van der Waals surface area contributed by atoms with E-state index in [-0.39, 0.29) is 6.04 Å². The Morgan fingerprint density at radius 2 is 2.21 bits per heavy atom. The van der Waals surface area contributed by atoms with Crippen molar-refractivity contribution in [2.24, 2.45) is 5.73 Å². The number of hydrogen-bond acceptors (Lipinski definition) is 3. The summed E-state index contributed by atoms with van der Waals surface area (Å²) in [6, 6.07) is 7.11. The van der Waals surface area contributed by atoms with Gasteiger partial charge >= 0.3 is 0 Å². The Morgan fingerprint density at radius 1 is 1.47 bits per heavy atom. The standard InChI is InChI=1S/C15H23ClN2O/c1-11(17)9-12-3-4-14(10-15(12)16)18(7-8-19-2)13-5-6-13/h3-4,10-11,13H,5-9,17H2,1-2H3. The van der Waals surface area contributed by atoms with Gasteiger partial charge < -0.3 is 15.4 Å². The van der Waals surface area contributed by atoms with Crippen molar-refractivity contribution < 1.29 is 4.74 Å². The van der Waals surface area contributed by atoms with E-state index in [1.165, 1.54) is 18.5 Å². The number of anilines is 1. The second-order valence-corrected chi connectivity index (χ2v) is 5.78. The van der Waals surface area contributed by atoms with Crippen LogP contribution < -0.4 is 10.6 Å². The Hall–Kier alpha value is -0.770. The van der Waals surface area contributed by atoms with E-state index in [4.69, 9.17) is 22.1 Å². The molecule has 0 amide bonds. The summed E-state index contributed by atoms with van der Waals surface area (Å²) in [5.74, 6) is 0. The topological polar surface area (TPSA) is 38.5 Å². The van der Waals surface area contributed by atoms with Gasteiger partial charge in [0.2, 0.25) is 0 Å². The smallest absolute Gasteiger partial charge is 0.0637 e. The molecule has 1 aliphatic rings. The van der Waals surface area contributed by atoms with Gasteiger partial charge in [-0.05, 0) is 43.9 Å². The Kier molecular flexibility index (Phi) is 5.08. The molecule has 0 aromatic heterocycles. The van der Waals surface area contributed by atoms with Gasteiger partial charge in [-0.2, -0.15) is 0 Å². The highest BCUT2D eigenvalue weighted by molar-refractivity contribution is 6.31. The van der Waals surface area contributed by atoms with Crippen LogP contribution in [-0.2, 0) is 11.2 Å². The molecule has 0 heterocycles. The Labute approximate surface area is 120 Å². The molecule has 106 valence electrons. The van der Waals surface area contributed by atoms with Gasteiger partial charge in [0.15, 0.2) is 0 Å². The van der Waals surface area contributed by atoms with E-state index < -0.39 is 0 Å². The molecule has 1 aliphatic carbocycles. The lowest BCUT2D eigenvalue weighted by molar-refractivity contribution is 0.205. The van der Waals surface area contributed by atoms with Crippen LogP contribution in [0, 0.1) is 0 Å². The average molecular weight is 283 g/mol. The summed E-state index contributed by atoms with van der Waals surface area (Å²) in [6.45, 7) is 3.67. The van der Waals surface area contributed by atoms with E-state index in [0.717, 1.165) is 30.2 Å². The van der Waals surface area contributed by atoms with Crippen molar-refractivity contribution in [2.75, 3.05) is 25.2 Å². The zero-order chi connectivity index (χ0) is 13.8. The molecule has 0 saturated heterocycles. The van der Waals surface area contributed by atoms with Crippen molar-refractivity contribution in [1.82, 2.24) is 0 Å². The number of benzene rings is 1. The second kappa shape index (κ2) is 6.60. The minimum Gasteiger partial charge on any atom is -0.383 e. The summed E-state index contributed by atoms with van der Waals surface area (Å²) in [6.07, 6.45) is 3.35. The van der Waals surface area contributed by atoms with Crippen molar-refractivity contribution in [3.63, 3.8) is 0 Å². The number of halogens is 1. The van der Waals surface area contributed by atoms with E-state index in [1.807, 2.05) is 6.92 Å². The van der Waals surface area contributed by atoms with Crippen LogP contribution >= 0.6 is 11.6 Å². The molecule has 1 saturated carbocycles. The van der Waals surface area contributed by atoms with Crippen LogP contribution in [0.4, 0.5) is 5.69 Å². The van der Waals surface area contributed by atoms with Gasteiger partial charge in [-0.3, -0.25) is 0 Å². The van der Waals surface area contributed by atoms with Gasteiger partial charge in [-0.1, -0.05) is 17.7 Å². The lowest BCUT2D eigenvalue weighted by Gasteiger charge is -2.25. The van der Waals surface area contributed by atoms with Crippen molar-refractivity contribution in [1.29, 1.82) is 0 Å². The summed E-state index contributed by atoms with van der Waals surface area (Å²) in [7, 11) is 1.74. The SMILES string of the molecule is COCCN(c1ccc(CC(C)N)c(Cl)c1)C1CC1. The van der Waals surface area contributed by atoms with Gasteiger partial charge in [-0.25, -0.2) is 0 Å². The second-order valence-electron chi connectivity index (χ2n) is 5.37. The van der Waals surface area contributed by atoms with Crippen LogP contribution in [0.1, 0.15) is 25.3 Å². The zero-order valence-corrected chi connectivity index (χ0v) is 12.5. The predicted octanol–water partition coefficient (Wildman–Crippen LogP) is 2.84. The van der Waals surface area contributed by atoms with Gasteiger partial charge in [-0.15, -0.1) is 0 Å². The van der Waals surface area contributed by atoms with E-state index in [9.17, 15) is 0 Å². The number of nitrogens with zero attached hydrogens (tertiary/aromatic N) is 1. The average Bonchev–Trinajstić information content (AvgIpc) is 3.17. The maximum Gasteiger partial charge on any atom is 0.0637 e. The molecule has 2 N–H and O–H groups in total. The first-order valence-electron chi connectivity index (χ1n) is 6.91. The minimum absolute atomic E-state index is 0.136. The molecule has 0 aliphatic heterocycles. The van der Waals surface area contributed by atoms with Crippen molar-refractivity contribution in [3.8, 4) is 0 Å². The van der Waals surface area contributed by atoms with Gasteiger partial charge in [0.05, 0.1) is 6.61 Å². The number of ether oxygens (including phenoxy) is 1. The lowest BCUT2D eigenvalue weighted by atomic mass is 10.1. The zero-order valence-electron chi connectivity index (χ0n) is 11.7. The third kappa shape index (κ3) is 4.10. The monoisotopic (exact) mass is 282 g/mol. The van der Waals surface area contributed by atoms with Gasteiger partial charge in [0.1, 0.15) is 0 Å². The fraction of sp³-hybridized carbons (Fsp3) is 0.600. The van der Waals surface area contributed by atoms with Gasteiger partial charge in [0, 0.05) is 36.4 Å². The largest absolute Gasteiger partial charge is 0.383 e. The first-order valence-corrected chi connectivity index (χ1v) is 7.29. The molecule has 3 nitrogen and oxygen atoms in total. The molecule has 19 heavy (non-hydrogen) atoms. The fourth-order valence-electron chi connectivity index (χ4n) is 2.33. The molecule has 1 aromatic rings. The van der Waals surface area contributed by atoms with Crippen LogP contribution in [0.3, 0.4) is 0 Å². The maximum absolute atomic E-state index is 6.36. The van der Waals surface area contributed by atoms with Crippen LogP contribution in [-0.4, -0.2) is 32.3 Å². The molecule has 1 unspecified atom stereocenters. The third-order valence-corrected chi connectivity index (χ3v) is 3.79. The molecule has 1 atom stereocenters. The normalized spacial score (nSPS) is 16.4. The first kappa shape index (κ1) is 14.6. The highest BCUT2D eigenvalue weighted by Gasteiger charge is 2.29. The number of hydrogen-bond donors (Lipinski definition) is 1. The van der Waals surface area contributed by atoms with Crippen LogP contribution in [0.15, 0.2) is 18.2 Å². The Bertz CT molecular complexity index is 419. The maximum atomic E-state index is 6.36. The molecule has 1 aromatic carbocycles. The lowest BCUT2D eigenvalue weighted by Crippen LogP contribution is -2.29. The van der Waals surface area contributed by atoms with E-state index in [1.54, 1.807) is 7.11 Å². The molecule has 0 radical (unpaired) electrons. The highest BCUT2D eigenvalue weighted by Crippen LogP contribution is 2.33. The van der Waals surface area contributed by atoms with Crippen molar-refractivity contribution >= 4 is 17.3 Å². The molecular formula is C15H23ClN2O. The van der Waals surface area contributed by atoms with Gasteiger partial charge in [0.25, 0.3) is 0 Å². The molecule has 2 rings (SSSR count). The van der Waals surface area contributed by atoms with Crippen molar-refractivity contribution in [2.45, 2.75) is 38.3 Å². The quantitative estimate of drug-likeness (QED) is 0.836. The molecule has 0 bridgehead atoms. The molecule has 4 heteroatoms. The summed E-state index contributed by atoms with van der Waals surface area (Å²) in [5, 5.41) is 0.817. The van der Waals surface area contributed by atoms with E-state index in [0.29, 0.717) is 6.04 Å². The Balaban J connectivity index is 2.12. The molecule has 0 spiro atoms. The number of methoxy groups -OCH3 is 1. The summed E-state index contributed by atoms with van der Waals surface area (Å²) < 4.78 is 5.19. The van der Waals surface area contributed by atoms with E-state index >= 15 is 0 Å². The number of nitrogens with two attached hydrogens (primary N) is 1. The highest BCUT2D eigenvalue weighted by atomic mass is 35.5. The molecule has 1 fully saturated rings. The third-order valence-electron chi connectivity index (χ3n) is 3.43. The van der Waals surface area contributed by atoms with E-state index in [2.05, 4.69) is 23.1 Å². The van der Waals surface area contributed by atoms with Crippen molar-refractivity contribution in [3.05, 3.63) is 28.8 Å².